The molecular weight excluding hydrogens is 392 g/mol. The standard InChI is InChI=1S/C20H20Cl2FNO3/c1-27-17-8-7-13(23)10-15(17)19(14-5-2-6-16(21)18(14)22)24-9-3-4-12(11-24)20(25)26/h2,5-8,10,12,19H,3-4,9,11H2,1H3,(H,25,26). The summed E-state index contributed by atoms with van der Waals surface area (Å²) in [5.74, 6) is -1.21. The van der Waals surface area contributed by atoms with Crippen molar-refractivity contribution in [1.82, 2.24) is 4.90 Å². The van der Waals surface area contributed by atoms with Crippen molar-refractivity contribution in [3.05, 3.63) is 63.4 Å². The van der Waals surface area contributed by atoms with Gasteiger partial charge >= 0.3 is 5.97 Å². The van der Waals surface area contributed by atoms with E-state index in [1.807, 2.05) is 11.0 Å². The Labute approximate surface area is 167 Å². The Morgan fingerprint density at radius 3 is 2.78 bits per heavy atom. The number of likely N-dealkylation sites (tertiary alicyclic amines) is 1. The van der Waals surface area contributed by atoms with Gasteiger partial charge in [0.05, 0.1) is 29.1 Å². The van der Waals surface area contributed by atoms with Crippen molar-refractivity contribution in [2.45, 2.75) is 18.9 Å². The molecule has 1 aliphatic rings. The zero-order chi connectivity index (χ0) is 19.6. The van der Waals surface area contributed by atoms with Crippen LogP contribution in [0.3, 0.4) is 0 Å². The number of methoxy groups -OCH3 is 1. The van der Waals surface area contributed by atoms with Gasteiger partial charge < -0.3 is 9.84 Å². The van der Waals surface area contributed by atoms with Crippen molar-refractivity contribution in [2.24, 2.45) is 5.92 Å². The maximum Gasteiger partial charge on any atom is 0.307 e. The minimum atomic E-state index is -0.832. The van der Waals surface area contributed by atoms with Crippen molar-refractivity contribution in [3.63, 3.8) is 0 Å². The van der Waals surface area contributed by atoms with Gasteiger partial charge in [-0.05, 0) is 49.2 Å². The molecule has 0 aromatic heterocycles. The van der Waals surface area contributed by atoms with Gasteiger partial charge in [-0.25, -0.2) is 4.39 Å². The average molecular weight is 412 g/mol. The highest BCUT2D eigenvalue weighted by atomic mass is 35.5. The number of aliphatic carboxylic acids is 1. The van der Waals surface area contributed by atoms with Crippen LogP contribution in [0.5, 0.6) is 5.75 Å². The molecule has 1 N–H and O–H groups in total. The molecule has 2 atom stereocenters. The predicted molar refractivity (Wildman–Crippen MR) is 103 cm³/mol. The molecule has 0 saturated carbocycles. The molecule has 2 aromatic carbocycles. The lowest BCUT2D eigenvalue weighted by Gasteiger charge is -2.38. The fourth-order valence-corrected chi connectivity index (χ4v) is 4.07. The normalized spacial score (nSPS) is 18.9. The first kappa shape index (κ1) is 19.9. The molecule has 0 bridgehead atoms. The van der Waals surface area contributed by atoms with Crippen LogP contribution in [0.15, 0.2) is 36.4 Å². The highest BCUT2D eigenvalue weighted by Crippen LogP contribution is 2.41. The van der Waals surface area contributed by atoms with E-state index in [-0.39, 0.29) is 0 Å². The number of piperidine rings is 1. The molecule has 144 valence electrons. The molecule has 27 heavy (non-hydrogen) atoms. The Bertz CT molecular complexity index is 846. The van der Waals surface area contributed by atoms with Gasteiger partial charge in [-0.15, -0.1) is 0 Å². The maximum atomic E-state index is 14.1. The van der Waals surface area contributed by atoms with Crippen LogP contribution in [-0.2, 0) is 4.79 Å². The Kier molecular flexibility index (Phi) is 6.25. The van der Waals surface area contributed by atoms with Gasteiger partial charge in [-0.2, -0.15) is 0 Å². The summed E-state index contributed by atoms with van der Waals surface area (Å²) in [6.45, 7) is 0.999. The van der Waals surface area contributed by atoms with Crippen molar-refractivity contribution in [2.75, 3.05) is 20.2 Å². The molecule has 1 aliphatic heterocycles. The molecule has 7 heteroatoms. The number of carboxylic acids is 1. The molecule has 3 rings (SSSR count). The van der Waals surface area contributed by atoms with Crippen LogP contribution in [0.4, 0.5) is 4.39 Å². The Balaban J connectivity index is 2.14. The van der Waals surface area contributed by atoms with E-state index in [4.69, 9.17) is 27.9 Å². The molecule has 0 amide bonds. The van der Waals surface area contributed by atoms with Gasteiger partial charge in [-0.3, -0.25) is 9.69 Å². The monoisotopic (exact) mass is 411 g/mol. The predicted octanol–water partition coefficient (Wildman–Crippen LogP) is 5.03. The number of nitrogens with zero attached hydrogens (tertiary/aromatic N) is 1. The molecule has 1 fully saturated rings. The third-order valence-electron chi connectivity index (χ3n) is 4.93. The van der Waals surface area contributed by atoms with E-state index in [0.29, 0.717) is 46.4 Å². The number of rotatable bonds is 5. The van der Waals surface area contributed by atoms with E-state index in [2.05, 4.69) is 0 Å². The summed E-state index contributed by atoms with van der Waals surface area (Å²) in [6, 6.07) is 9.12. The second kappa shape index (κ2) is 8.46. The molecule has 0 aliphatic carbocycles. The first-order valence-corrected chi connectivity index (χ1v) is 9.42. The summed E-state index contributed by atoms with van der Waals surface area (Å²) in [5.41, 5.74) is 1.28. The lowest BCUT2D eigenvalue weighted by Crippen LogP contribution is -2.41. The van der Waals surface area contributed by atoms with E-state index >= 15 is 0 Å². The fraction of sp³-hybridized carbons (Fsp3) is 0.350. The summed E-state index contributed by atoms with van der Waals surface area (Å²) in [4.78, 5) is 13.5. The molecular formula is C20H20Cl2FNO3. The highest BCUT2D eigenvalue weighted by Gasteiger charge is 2.34. The fourth-order valence-electron chi connectivity index (χ4n) is 3.65. The number of hydrogen-bond donors (Lipinski definition) is 1. The number of carbonyl (C=O) groups is 1. The van der Waals surface area contributed by atoms with Crippen LogP contribution in [-0.4, -0.2) is 36.2 Å². The van der Waals surface area contributed by atoms with E-state index in [1.165, 1.54) is 19.2 Å². The Morgan fingerprint density at radius 1 is 1.30 bits per heavy atom. The summed E-state index contributed by atoms with van der Waals surface area (Å²) in [5, 5.41) is 10.2. The van der Waals surface area contributed by atoms with Gasteiger partial charge in [0.2, 0.25) is 0 Å². The van der Waals surface area contributed by atoms with Crippen LogP contribution >= 0.6 is 23.2 Å². The van der Waals surface area contributed by atoms with Crippen LogP contribution < -0.4 is 4.74 Å². The van der Waals surface area contributed by atoms with E-state index in [0.717, 1.165) is 6.42 Å². The lowest BCUT2D eigenvalue weighted by molar-refractivity contribution is -0.143. The molecule has 0 radical (unpaired) electrons. The number of carboxylic acid groups (broad SMARTS) is 1. The maximum absolute atomic E-state index is 14.1. The van der Waals surface area contributed by atoms with Crippen LogP contribution in [0.25, 0.3) is 0 Å². The van der Waals surface area contributed by atoms with Crippen molar-refractivity contribution in [3.8, 4) is 5.75 Å². The van der Waals surface area contributed by atoms with Gasteiger partial charge in [0.15, 0.2) is 0 Å². The molecule has 1 saturated heterocycles. The summed E-state index contributed by atoms with van der Waals surface area (Å²) < 4.78 is 19.5. The first-order valence-electron chi connectivity index (χ1n) is 8.66. The third kappa shape index (κ3) is 4.21. The number of hydrogen-bond acceptors (Lipinski definition) is 3. The van der Waals surface area contributed by atoms with E-state index < -0.39 is 23.7 Å². The van der Waals surface area contributed by atoms with Crippen LogP contribution in [0.1, 0.15) is 30.0 Å². The van der Waals surface area contributed by atoms with E-state index in [9.17, 15) is 14.3 Å². The number of ether oxygens (including phenoxy) is 1. The molecule has 2 aromatic rings. The SMILES string of the molecule is COc1ccc(F)cc1C(c1cccc(Cl)c1Cl)N1CCCC(C(=O)O)C1. The topological polar surface area (TPSA) is 49.8 Å². The Morgan fingerprint density at radius 2 is 2.07 bits per heavy atom. The zero-order valence-electron chi connectivity index (χ0n) is 14.8. The lowest BCUT2D eigenvalue weighted by atomic mass is 9.91. The highest BCUT2D eigenvalue weighted by molar-refractivity contribution is 6.42. The minimum Gasteiger partial charge on any atom is -0.496 e. The minimum absolute atomic E-state index is 0.336. The average Bonchev–Trinajstić information content (AvgIpc) is 2.66. The van der Waals surface area contributed by atoms with Crippen molar-refractivity contribution < 1.29 is 19.0 Å². The molecule has 4 nitrogen and oxygen atoms in total. The van der Waals surface area contributed by atoms with Crippen molar-refractivity contribution in [1.29, 1.82) is 0 Å². The van der Waals surface area contributed by atoms with Crippen LogP contribution in [0.2, 0.25) is 10.0 Å². The smallest absolute Gasteiger partial charge is 0.307 e. The summed E-state index contributed by atoms with van der Waals surface area (Å²) >= 11 is 12.7. The Hall–Kier alpha value is -1.82. The summed E-state index contributed by atoms with van der Waals surface area (Å²) in [6.07, 6.45) is 1.34. The largest absolute Gasteiger partial charge is 0.496 e. The second-order valence-electron chi connectivity index (χ2n) is 6.60. The quantitative estimate of drug-likeness (QED) is 0.749. The number of halogens is 3. The second-order valence-corrected chi connectivity index (χ2v) is 7.39. The van der Waals surface area contributed by atoms with Crippen LogP contribution in [0, 0.1) is 11.7 Å². The van der Waals surface area contributed by atoms with Gasteiger partial charge in [-0.1, -0.05) is 35.3 Å². The van der Waals surface area contributed by atoms with Gasteiger partial charge in [0.1, 0.15) is 11.6 Å². The molecule has 1 heterocycles. The third-order valence-corrected chi connectivity index (χ3v) is 5.76. The summed E-state index contributed by atoms with van der Waals surface area (Å²) in [7, 11) is 1.52. The van der Waals surface area contributed by atoms with Gasteiger partial charge in [0, 0.05) is 12.1 Å². The zero-order valence-corrected chi connectivity index (χ0v) is 16.3. The molecule has 0 spiro atoms. The first-order chi connectivity index (χ1) is 12.9. The van der Waals surface area contributed by atoms with E-state index in [1.54, 1.807) is 18.2 Å². The molecule has 2 unspecified atom stereocenters. The van der Waals surface area contributed by atoms with Crippen molar-refractivity contribution >= 4 is 29.2 Å². The number of benzene rings is 2. The van der Waals surface area contributed by atoms with Gasteiger partial charge in [0.25, 0.3) is 0 Å².